The maximum absolute atomic E-state index is 12.7. The van der Waals surface area contributed by atoms with Crippen LogP contribution < -0.4 is 9.46 Å². The molecule has 3 aromatic rings. The lowest BCUT2D eigenvalue weighted by atomic mass is 10.1. The van der Waals surface area contributed by atoms with Crippen molar-refractivity contribution in [1.82, 2.24) is 9.97 Å². The largest absolute Gasteiger partial charge is 0.495 e. The topological polar surface area (TPSA) is 81.2 Å². The minimum absolute atomic E-state index is 0.0513. The first-order chi connectivity index (χ1) is 11.6. The third-order valence-corrected chi connectivity index (χ3v) is 4.77. The molecule has 24 heavy (non-hydrogen) atoms. The molecule has 0 radical (unpaired) electrons. The van der Waals surface area contributed by atoms with Crippen molar-refractivity contribution in [3.63, 3.8) is 0 Å². The van der Waals surface area contributed by atoms with Crippen LogP contribution in [0.15, 0.2) is 72.0 Å². The van der Waals surface area contributed by atoms with Crippen LogP contribution in [0.4, 0.5) is 5.69 Å². The molecule has 7 heteroatoms. The van der Waals surface area contributed by atoms with Gasteiger partial charge in [-0.25, -0.2) is 18.4 Å². The zero-order chi connectivity index (χ0) is 17.0. The fourth-order valence-corrected chi connectivity index (χ4v) is 3.49. The number of methoxy groups -OCH3 is 1. The second-order valence-electron chi connectivity index (χ2n) is 4.91. The molecule has 2 aromatic carbocycles. The summed E-state index contributed by atoms with van der Waals surface area (Å²) in [6.45, 7) is 0. The molecular formula is C17H15N3O3S. The lowest BCUT2D eigenvalue weighted by Crippen LogP contribution is -2.15. The van der Waals surface area contributed by atoms with E-state index >= 15 is 0 Å². The first-order valence-electron chi connectivity index (χ1n) is 7.13. The van der Waals surface area contributed by atoms with Crippen LogP contribution in [0.3, 0.4) is 0 Å². The molecule has 0 amide bonds. The minimum atomic E-state index is -3.84. The van der Waals surface area contributed by atoms with Gasteiger partial charge in [-0.1, -0.05) is 42.5 Å². The van der Waals surface area contributed by atoms with Crippen LogP contribution in [-0.2, 0) is 10.0 Å². The van der Waals surface area contributed by atoms with Gasteiger partial charge in [0.25, 0.3) is 10.0 Å². The molecule has 0 atom stereocenters. The van der Waals surface area contributed by atoms with Gasteiger partial charge in [0.15, 0.2) is 0 Å². The number of para-hydroxylation sites is 1. The van der Waals surface area contributed by atoms with Gasteiger partial charge < -0.3 is 4.74 Å². The van der Waals surface area contributed by atoms with Gasteiger partial charge in [0.2, 0.25) is 0 Å². The zero-order valence-corrected chi connectivity index (χ0v) is 13.7. The Balaban J connectivity index is 2.03. The number of rotatable bonds is 5. The minimum Gasteiger partial charge on any atom is -0.495 e. The van der Waals surface area contributed by atoms with Crippen LogP contribution in [-0.4, -0.2) is 25.5 Å². The summed E-state index contributed by atoms with van der Waals surface area (Å²) in [5.74, 6) is 0.267. The fourth-order valence-electron chi connectivity index (χ4n) is 2.27. The van der Waals surface area contributed by atoms with Gasteiger partial charge in [0, 0.05) is 5.56 Å². The van der Waals surface area contributed by atoms with Gasteiger partial charge in [0.1, 0.15) is 17.0 Å². The third-order valence-electron chi connectivity index (χ3n) is 3.36. The van der Waals surface area contributed by atoms with Crippen LogP contribution >= 0.6 is 0 Å². The van der Waals surface area contributed by atoms with Gasteiger partial charge >= 0.3 is 0 Å². The molecule has 0 saturated heterocycles. The van der Waals surface area contributed by atoms with E-state index in [1.807, 2.05) is 30.3 Å². The summed E-state index contributed by atoms with van der Waals surface area (Å²) in [4.78, 5) is 8.17. The zero-order valence-electron chi connectivity index (χ0n) is 12.9. The van der Waals surface area contributed by atoms with Crippen molar-refractivity contribution in [3.05, 3.63) is 67.1 Å². The van der Waals surface area contributed by atoms with Crippen LogP contribution in [0, 0.1) is 0 Å². The third kappa shape index (κ3) is 3.21. The summed E-state index contributed by atoms with van der Waals surface area (Å²) in [5, 5.41) is 0. The highest BCUT2D eigenvalue weighted by molar-refractivity contribution is 7.92. The van der Waals surface area contributed by atoms with Crippen molar-refractivity contribution in [3.8, 4) is 17.0 Å². The molecule has 0 aliphatic heterocycles. The fraction of sp³-hybridized carbons (Fsp3) is 0.0588. The number of hydrogen-bond acceptors (Lipinski definition) is 5. The number of benzene rings is 2. The van der Waals surface area contributed by atoms with E-state index in [1.165, 1.54) is 25.7 Å². The molecule has 3 rings (SSSR count). The molecule has 0 bridgehead atoms. The Bertz CT molecular complexity index is 944. The molecule has 0 unspecified atom stereocenters. The molecule has 122 valence electrons. The van der Waals surface area contributed by atoms with E-state index in [4.69, 9.17) is 4.74 Å². The average molecular weight is 341 g/mol. The highest BCUT2D eigenvalue weighted by atomic mass is 32.2. The van der Waals surface area contributed by atoms with Crippen molar-refractivity contribution < 1.29 is 13.2 Å². The average Bonchev–Trinajstić information content (AvgIpc) is 2.62. The summed E-state index contributed by atoms with van der Waals surface area (Å²) >= 11 is 0. The Labute approximate surface area is 140 Å². The van der Waals surface area contributed by atoms with Gasteiger partial charge in [-0.05, 0) is 12.1 Å². The van der Waals surface area contributed by atoms with E-state index < -0.39 is 10.0 Å². The Morgan fingerprint density at radius 3 is 2.46 bits per heavy atom. The Kier molecular flexibility index (Phi) is 4.43. The second kappa shape index (κ2) is 6.67. The van der Waals surface area contributed by atoms with E-state index in [1.54, 1.807) is 18.2 Å². The first kappa shape index (κ1) is 15.9. The molecule has 0 aliphatic carbocycles. The lowest BCUT2D eigenvalue weighted by molar-refractivity contribution is 0.403. The maximum Gasteiger partial charge on any atom is 0.265 e. The van der Waals surface area contributed by atoms with E-state index in [0.29, 0.717) is 11.4 Å². The van der Waals surface area contributed by atoms with Crippen molar-refractivity contribution in [2.24, 2.45) is 0 Å². The molecule has 1 N–H and O–H groups in total. The Hall–Kier alpha value is -2.93. The summed E-state index contributed by atoms with van der Waals surface area (Å²) in [5.41, 5.74) is 1.59. The predicted octanol–water partition coefficient (Wildman–Crippen LogP) is 2.95. The smallest absolute Gasteiger partial charge is 0.265 e. The van der Waals surface area contributed by atoms with Crippen molar-refractivity contribution >= 4 is 15.7 Å². The van der Waals surface area contributed by atoms with Crippen molar-refractivity contribution in [1.29, 1.82) is 0 Å². The maximum atomic E-state index is 12.7. The number of sulfonamides is 1. The molecule has 0 saturated carbocycles. The number of nitrogens with one attached hydrogen (secondary N) is 1. The Morgan fingerprint density at radius 2 is 1.71 bits per heavy atom. The Morgan fingerprint density at radius 1 is 1.00 bits per heavy atom. The van der Waals surface area contributed by atoms with Crippen LogP contribution in [0.5, 0.6) is 5.75 Å². The second-order valence-corrected chi connectivity index (χ2v) is 6.56. The van der Waals surface area contributed by atoms with Crippen molar-refractivity contribution in [2.45, 2.75) is 4.90 Å². The molecule has 1 heterocycles. The number of hydrogen-bond donors (Lipinski definition) is 1. The molecule has 0 fully saturated rings. The number of aromatic nitrogens is 2. The van der Waals surface area contributed by atoms with Crippen LogP contribution in [0.25, 0.3) is 11.3 Å². The van der Waals surface area contributed by atoms with E-state index in [-0.39, 0.29) is 10.6 Å². The first-order valence-corrected chi connectivity index (χ1v) is 8.61. The molecule has 0 spiro atoms. The summed E-state index contributed by atoms with van der Waals surface area (Å²) < 4.78 is 33.1. The highest BCUT2D eigenvalue weighted by Gasteiger charge is 2.21. The van der Waals surface area contributed by atoms with Crippen molar-refractivity contribution in [2.75, 3.05) is 11.8 Å². The molecule has 0 aliphatic rings. The van der Waals surface area contributed by atoms with E-state index in [9.17, 15) is 8.42 Å². The van der Waals surface area contributed by atoms with Crippen LogP contribution in [0.1, 0.15) is 0 Å². The summed E-state index contributed by atoms with van der Waals surface area (Å²) in [6, 6.07) is 15.7. The van der Waals surface area contributed by atoms with Crippen LogP contribution in [0.2, 0.25) is 0 Å². The number of ether oxygens (including phenoxy) is 1. The lowest BCUT2D eigenvalue weighted by Gasteiger charge is -2.13. The molecular weight excluding hydrogens is 326 g/mol. The molecule has 6 nitrogen and oxygen atoms in total. The normalized spacial score (nSPS) is 11.0. The SMILES string of the molecule is COc1ccccc1S(=O)(=O)Nc1cncnc1-c1ccccc1. The van der Waals surface area contributed by atoms with E-state index in [0.717, 1.165) is 5.56 Å². The van der Waals surface area contributed by atoms with Gasteiger partial charge in [-0.2, -0.15) is 0 Å². The summed E-state index contributed by atoms with van der Waals surface area (Å²) in [6.07, 6.45) is 2.81. The number of anilines is 1. The predicted molar refractivity (Wildman–Crippen MR) is 91.3 cm³/mol. The summed E-state index contributed by atoms with van der Waals surface area (Å²) in [7, 11) is -2.42. The monoisotopic (exact) mass is 341 g/mol. The quantitative estimate of drug-likeness (QED) is 0.771. The van der Waals surface area contributed by atoms with Gasteiger partial charge in [0.05, 0.1) is 24.7 Å². The highest BCUT2D eigenvalue weighted by Crippen LogP contribution is 2.29. The van der Waals surface area contributed by atoms with Gasteiger partial charge in [-0.15, -0.1) is 0 Å². The van der Waals surface area contributed by atoms with Gasteiger partial charge in [-0.3, -0.25) is 4.72 Å². The standard InChI is InChI=1S/C17H15N3O3S/c1-23-15-9-5-6-10-16(15)24(21,22)20-14-11-18-12-19-17(14)13-7-3-2-4-8-13/h2-12,20H,1H3. The molecule has 1 aromatic heterocycles. The number of nitrogens with zero attached hydrogens (tertiary/aromatic N) is 2. The van der Waals surface area contributed by atoms with E-state index in [2.05, 4.69) is 14.7 Å².